The Morgan fingerprint density at radius 2 is 2.00 bits per heavy atom. The van der Waals surface area contributed by atoms with Crippen molar-refractivity contribution >= 4 is 11.9 Å². The zero-order valence-electron chi connectivity index (χ0n) is 7.37. The molecule has 4 nitrogen and oxygen atoms in total. The first-order chi connectivity index (χ1) is 5.07. The summed E-state index contributed by atoms with van der Waals surface area (Å²) in [6.45, 7) is 2.86. The number of esters is 1. The van der Waals surface area contributed by atoms with Crippen LogP contribution in [0.25, 0.3) is 0 Å². The van der Waals surface area contributed by atoms with Crippen molar-refractivity contribution in [2.24, 2.45) is 0 Å². The van der Waals surface area contributed by atoms with E-state index in [1.54, 1.807) is 6.92 Å². The Labute approximate surface area is 113 Å². The normalized spacial score (nSPS) is 11.8. The first-order valence-corrected chi connectivity index (χ1v) is 3.12. The van der Waals surface area contributed by atoms with Crippen LogP contribution in [0.5, 0.6) is 0 Å². The summed E-state index contributed by atoms with van der Waals surface area (Å²) in [5, 5.41) is 10.0. The molecule has 12 heavy (non-hydrogen) atoms. The van der Waals surface area contributed by atoms with Crippen LogP contribution < -0.4 is 56.5 Å². The maximum absolute atomic E-state index is 10.6. The van der Waals surface area contributed by atoms with Crippen molar-refractivity contribution in [2.45, 2.75) is 20.0 Å². The van der Waals surface area contributed by atoms with E-state index in [0.29, 0.717) is 0 Å². The largest absolute Gasteiger partial charge is 1.00 e. The van der Waals surface area contributed by atoms with Crippen molar-refractivity contribution < 1.29 is 70.8 Å². The first-order valence-electron chi connectivity index (χ1n) is 3.12. The van der Waals surface area contributed by atoms with Gasteiger partial charge in [0.1, 0.15) is 6.10 Å². The molecule has 1 unspecified atom stereocenters. The van der Waals surface area contributed by atoms with Crippen LogP contribution in [0.3, 0.4) is 0 Å². The van der Waals surface area contributed by atoms with Gasteiger partial charge in [0.15, 0.2) is 0 Å². The van der Waals surface area contributed by atoms with Gasteiger partial charge in [0, 0.05) is 6.08 Å². The van der Waals surface area contributed by atoms with Crippen molar-refractivity contribution in [3.05, 3.63) is 12.2 Å². The van der Waals surface area contributed by atoms with Crippen LogP contribution in [-0.2, 0) is 14.3 Å². The van der Waals surface area contributed by atoms with Gasteiger partial charge in [0.25, 0.3) is 0 Å². The number of aliphatic carboxylic acids is 1. The van der Waals surface area contributed by atoms with Crippen molar-refractivity contribution in [3.63, 3.8) is 0 Å². The summed E-state index contributed by atoms with van der Waals surface area (Å²) in [6, 6.07) is 0. The standard InChI is InChI=1S/C7H10O4.K/c1-3-4-6(8)11-5(2)7(9)10;/h3-5H,1-2H3,(H,9,10);/q;+1/p-1. The van der Waals surface area contributed by atoms with Crippen LogP contribution in [0, 0.1) is 0 Å². The molecule has 5 heteroatoms. The summed E-state index contributed by atoms with van der Waals surface area (Å²) in [5.41, 5.74) is 0. The molecule has 0 fully saturated rings. The summed E-state index contributed by atoms with van der Waals surface area (Å²) < 4.78 is 4.36. The van der Waals surface area contributed by atoms with Crippen LogP contribution >= 0.6 is 0 Å². The Morgan fingerprint density at radius 3 is 2.33 bits per heavy atom. The van der Waals surface area contributed by atoms with Crippen molar-refractivity contribution in [1.82, 2.24) is 0 Å². The first kappa shape index (κ1) is 14.8. The zero-order valence-corrected chi connectivity index (χ0v) is 10.5. The average molecular weight is 196 g/mol. The Balaban J connectivity index is 0. The number of allylic oxidation sites excluding steroid dienone is 1. The van der Waals surface area contributed by atoms with Gasteiger partial charge in [-0.2, -0.15) is 0 Å². The second-order valence-electron chi connectivity index (χ2n) is 1.90. The van der Waals surface area contributed by atoms with Crippen LogP contribution in [0.1, 0.15) is 13.8 Å². The second-order valence-corrected chi connectivity index (χ2v) is 1.90. The van der Waals surface area contributed by atoms with Crippen LogP contribution in [0.2, 0.25) is 0 Å². The Bertz CT molecular complexity index is 188. The van der Waals surface area contributed by atoms with E-state index in [-0.39, 0.29) is 51.4 Å². The smallest absolute Gasteiger partial charge is 0.546 e. The minimum absolute atomic E-state index is 0. The third-order valence-corrected chi connectivity index (χ3v) is 0.928. The minimum Gasteiger partial charge on any atom is -0.546 e. The summed E-state index contributed by atoms with van der Waals surface area (Å²) in [7, 11) is 0. The molecule has 0 spiro atoms. The van der Waals surface area contributed by atoms with Gasteiger partial charge in [-0.05, 0) is 13.8 Å². The fraction of sp³-hybridized carbons (Fsp3) is 0.429. The molecule has 0 aliphatic carbocycles. The van der Waals surface area contributed by atoms with Crippen LogP contribution in [0.15, 0.2) is 12.2 Å². The summed E-state index contributed by atoms with van der Waals surface area (Å²) in [4.78, 5) is 20.6. The number of carboxylic acids is 1. The van der Waals surface area contributed by atoms with E-state index in [1.165, 1.54) is 13.0 Å². The zero-order chi connectivity index (χ0) is 8.85. The van der Waals surface area contributed by atoms with E-state index in [0.717, 1.165) is 6.08 Å². The quantitative estimate of drug-likeness (QED) is 0.264. The van der Waals surface area contributed by atoms with Crippen LogP contribution in [-0.4, -0.2) is 18.0 Å². The van der Waals surface area contributed by atoms with E-state index < -0.39 is 18.0 Å². The van der Waals surface area contributed by atoms with Gasteiger partial charge in [0.05, 0.1) is 5.97 Å². The molecule has 0 radical (unpaired) electrons. The van der Waals surface area contributed by atoms with Crippen LogP contribution in [0.4, 0.5) is 0 Å². The molecular weight excluding hydrogens is 187 g/mol. The maximum atomic E-state index is 10.6. The molecule has 0 bridgehead atoms. The molecule has 0 saturated heterocycles. The molecule has 0 aliphatic heterocycles. The van der Waals surface area contributed by atoms with Gasteiger partial charge < -0.3 is 14.6 Å². The summed E-state index contributed by atoms with van der Waals surface area (Å²) in [6.07, 6.45) is 1.41. The van der Waals surface area contributed by atoms with E-state index in [2.05, 4.69) is 4.74 Å². The molecule has 1 atom stereocenters. The number of carboxylic acid groups (broad SMARTS) is 1. The molecule has 0 amide bonds. The minimum atomic E-state index is -1.40. The van der Waals surface area contributed by atoms with Gasteiger partial charge in [-0.25, -0.2) is 4.79 Å². The molecule has 0 N–H and O–H groups in total. The number of rotatable bonds is 3. The third kappa shape index (κ3) is 6.99. The average Bonchev–Trinajstić information content (AvgIpc) is 1.87. The van der Waals surface area contributed by atoms with Gasteiger partial charge in [-0.1, -0.05) is 6.08 Å². The molecule has 0 aromatic carbocycles. The molecule has 0 rings (SSSR count). The number of ether oxygens (including phenoxy) is 1. The van der Waals surface area contributed by atoms with Crippen molar-refractivity contribution in [2.75, 3.05) is 0 Å². The van der Waals surface area contributed by atoms with E-state index in [1.807, 2.05) is 0 Å². The van der Waals surface area contributed by atoms with Gasteiger partial charge >= 0.3 is 57.4 Å². The number of hydrogen-bond acceptors (Lipinski definition) is 4. The predicted molar refractivity (Wildman–Crippen MR) is 35.4 cm³/mol. The van der Waals surface area contributed by atoms with Crippen molar-refractivity contribution in [3.8, 4) is 0 Å². The maximum Gasteiger partial charge on any atom is 1.00 e. The fourth-order valence-corrected chi connectivity index (χ4v) is 0.398. The molecular formula is C7H9KO4. The monoisotopic (exact) mass is 196 g/mol. The van der Waals surface area contributed by atoms with E-state index >= 15 is 0 Å². The molecule has 62 valence electrons. The van der Waals surface area contributed by atoms with E-state index in [9.17, 15) is 14.7 Å². The number of carbonyl (C=O) groups is 2. The summed E-state index contributed by atoms with van der Waals surface area (Å²) >= 11 is 0. The second kappa shape index (κ2) is 7.94. The molecule has 0 heterocycles. The number of hydrogen-bond donors (Lipinski definition) is 0. The molecule has 0 aromatic heterocycles. The van der Waals surface area contributed by atoms with Gasteiger partial charge in [-0.15, -0.1) is 0 Å². The summed E-state index contributed by atoms with van der Waals surface area (Å²) in [5.74, 6) is -2.08. The third-order valence-electron chi connectivity index (χ3n) is 0.928. The molecule has 0 aromatic rings. The predicted octanol–water partition coefficient (Wildman–Crippen LogP) is -3.75. The number of carbonyl (C=O) groups excluding carboxylic acids is 2. The Kier molecular flexibility index (Phi) is 9.81. The SMILES string of the molecule is CC=CC(=O)OC(C)C(=O)[O-].[K+]. The molecule has 0 aliphatic rings. The fourth-order valence-electron chi connectivity index (χ4n) is 0.398. The Morgan fingerprint density at radius 1 is 1.50 bits per heavy atom. The Hall–Kier alpha value is 0.316. The molecule has 0 saturated carbocycles. The van der Waals surface area contributed by atoms with Crippen molar-refractivity contribution in [1.29, 1.82) is 0 Å². The van der Waals surface area contributed by atoms with E-state index in [4.69, 9.17) is 0 Å². The van der Waals surface area contributed by atoms with Gasteiger partial charge in [0.2, 0.25) is 0 Å². The topological polar surface area (TPSA) is 66.4 Å². The van der Waals surface area contributed by atoms with Gasteiger partial charge in [-0.3, -0.25) is 0 Å².